The SMILES string of the molecule is C=CO[P+](=O)OCCCCl. The topological polar surface area (TPSA) is 35.5 Å². The summed E-state index contributed by atoms with van der Waals surface area (Å²) in [4.78, 5) is 0. The van der Waals surface area contributed by atoms with Gasteiger partial charge in [-0.25, -0.2) is 4.52 Å². The third-order valence-electron chi connectivity index (χ3n) is 0.635. The Bertz CT molecular complexity index is 117. The van der Waals surface area contributed by atoms with Crippen molar-refractivity contribution in [3.05, 3.63) is 12.8 Å². The van der Waals surface area contributed by atoms with E-state index in [1.165, 1.54) is 0 Å². The van der Waals surface area contributed by atoms with E-state index in [0.29, 0.717) is 18.9 Å². The molecule has 0 aliphatic carbocycles. The average molecular weight is 184 g/mol. The van der Waals surface area contributed by atoms with Gasteiger partial charge in [-0.05, 0) is 6.42 Å². The van der Waals surface area contributed by atoms with Crippen LogP contribution in [0.25, 0.3) is 0 Å². The van der Waals surface area contributed by atoms with Gasteiger partial charge in [0.15, 0.2) is 0 Å². The first-order chi connectivity index (χ1) is 4.81. The Morgan fingerprint density at radius 2 is 2.40 bits per heavy atom. The molecular formula is C5H9ClO3P+. The van der Waals surface area contributed by atoms with Crippen LogP contribution in [0.3, 0.4) is 0 Å². The van der Waals surface area contributed by atoms with Crippen LogP contribution >= 0.6 is 19.9 Å². The molecule has 0 fully saturated rings. The predicted molar refractivity (Wildman–Crippen MR) is 40.2 cm³/mol. The van der Waals surface area contributed by atoms with Crippen LogP contribution in [0.5, 0.6) is 0 Å². The van der Waals surface area contributed by atoms with Crippen LogP contribution in [0.1, 0.15) is 6.42 Å². The zero-order chi connectivity index (χ0) is 7.82. The van der Waals surface area contributed by atoms with E-state index >= 15 is 0 Å². The lowest BCUT2D eigenvalue weighted by Gasteiger charge is -1.84. The summed E-state index contributed by atoms with van der Waals surface area (Å²) in [5.41, 5.74) is 0. The Balaban J connectivity index is 3.13. The first-order valence-electron chi connectivity index (χ1n) is 2.75. The van der Waals surface area contributed by atoms with E-state index < -0.39 is 8.25 Å². The lowest BCUT2D eigenvalue weighted by Crippen LogP contribution is -1.86. The molecule has 5 heteroatoms. The standard InChI is InChI=1S/C5H9ClO3P/c1-2-8-10(7)9-5-3-4-6/h2H,1,3-5H2/q+1. The second-order valence-corrected chi connectivity index (χ2v) is 2.67. The molecule has 0 N–H and O–H groups in total. The molecule has 0 rings (SSSR count). The number of alkyl halides is 1. The summed E-state index contributed by atoms with van der Waals surface area (Å²) in [5.74, 6) is 0.497. The summed E-state index contributed by atoms with van der Waals surface area (Å²) in [7, 11) is -2.02. The van der Waals surface area contributed by atoms with Crippen molar-refractivity contribution in [2.45, 2.75) is 6.42 Å². The van der Waals surface area contributed by atoms with E-state index in [1.54, 1.807) is 0 Å². The number of rotatable bonds is 6. The predicted octanol–water partition coefficient (Wildman–Crippen LogP) is 2.45. The molecule has 0 aromatic heterocycles. The van der Waals surface area contributed by atoms with Crippen LogP contribution in [0.15, 0.2) is 12.8 Å². The molecule has 58 valence electrons. The van der Waals surface area contributed by atoms with Crippen LogP contribution in [-0.2, 0) is 13.6 Å². The van der Waals surface area contributed by atoms with Crippen LogP contribution in [0.2, 0.25) is 0 Å². The molecular weight excluding hydrogens is 174 g/mol. The quantitative estimate of drug-likeness (QED) is 0.275. The monoisotopic (exact) mass is 183 g/mol. The fraction of sp³-hybridized carbons (Fsp3) is 0.600. The Hall–Kier alpha value is -0.110. The third kappa shape index (κ3) is 6.02. The Labute approximate surface area is 65.9 Å². The van der Waals surface area contributed by atoms with E-state index in [0.717, 1.165) is 6.26 Å². The van der Waals surface area contributed by atoms with Gasteiger partial charge in [-0.3, -0.25) is 0 Å². The van der Waals surface area contributed by atoms with Gasteiger partial charge in [0.05, 0.1) is 0 Å². The molecule has 0 aliphatic heterocycles. The summed E-state index contributed by atoms with van der Waals surface area (Å²) in [5, 5.41) is 0. The maximum Gasteiger partial charge on any atom is 0.749 e. The minimum absolute atomic E-state index is 0.354. The van der Waals surface area contributed by atoms with Crippen molar-refractivity contribution in [3.63, 3.8) is 0 Å². The van der Waals surface area contributed by atoms with E-state index in [9.17, 15) is 4.57 Å². The Morgan fingerprint density at radius 3 is 2.90 bits per heavy atom. The van der Waals surface area contributed by atoms with Crippen LogP contribution < -0.4 is 0 Å². The van der Waals surface area contributed by atoms with Crippen LogP contribution in [-0.4, -0.2) is 12.5 Å². The lowest BCUT2D eigenvalue weighted by molar-refractivity contribution is 0.273. The van der Waals surface area contributed by atoms with Gasteiger partial charge in [0, 0.05) is 10.4 Å². The highest BCUT2D eigenvalue weighted by atomic mass is 35.5. The first kappa shape index (κ1) is 9.89. The molecule has 0 radical (unpaired) electrons. The summed E-state index contributed by atoms with van der Waals surface area (Å²) >= 11 is 5.33. The second-order valence-electron chi connectivity index (χ2n) is 1.37. The van der Waals surface area contributed by atoms with Gasteiger partial charge < -0.3 is 0 Å². The minimum atomic E-state index is -2.02. The van der Waals surface area contributed by atoms with E-state index in [1.807, 2.05) is 0 Å². The van der Waals surface area contributed by atoms with Crippen molar-refractivity contribution in [1.82, 2.24) is 0 Å². The fourth-order valence-electron chi connectivity index (χ4n) is 0.285. The van der Waals surface area contributed by atoms with Gasteiger partial charge in [-0.1, -0.05) is 6.58 Å². The Kier molecular flexibility index (Phi) is 6.93. The molecule has 1 atom stereocenters. The molecule has 0 aliphatic rings. The maximum atomic E-state index is 10.5. The van der Waals surface area contributed by atoms with Gasteiger partial charge in [0.1, 0.15) is 12.9 Å². The van der Waals surface area contributed by atoms with E-state index in [2.05, 4.69) is 15.6 Å². The molecule has 0 amide bonds. The van der Waals surface area contributed by atoms with Crippen molar-refractivity contribution in [2.75, 3.05) is 12.5 Å². The molecule has 1 unspecified atom stereocenters. The van der Waals surface area contributed by atoms with Crippen molar-refractivity contribution < 1.29 is 13.6 Å². The molecule has 0 heterocycles. The van der Waals surface area contributed by atoms with Crippen molar-refractivity contribution >= 4 is 19.9 Å². The minimum Gasteiger partial charge on any atom is -0.238 e. The maximum absolute atomic E-state index is 10.5. The third-order valence-corrected chi connectivity index (χ3v) is 1.62. The highest BCUT2D eigenvalue weighted by Gasteiger charge is 2.17. The summed E-state index contributed by atoms with van der Waals surface area (Å²) < 4.78 is 19.6. The molecule has 0 aromatic rings. The molecule has 0 bridgehead atoms. The number of halogens is 1. The average Bonchev–Trinajstić information content (AvgIpc) is 1.89. The normalized spacial score (nSPS) is 10.7. The number of hydrogen-bond donors (Lipinski definition) is 0. The summed E-state index contributed by atoms with van der Waals surface area (Å²) in [6, 6.07) is 0. The zero-order valence-electron chi connectivity index (χ0n) is 5.46. The second kappa shape index (κ2) is 7.00. The smallest absolute Gasteiger partial charge is 0.238 e. The fourth-order valence-corrected chi connectivity index (χ4v) is 0.855. The molecule has 0 aromatic carbocycles. The largest absolute Gasteiger partial charge is 0.749 e. The summed E-state index contributed by atoms with van der Waals surface area (Å²) in [6.45, 7) is 3.57. The molecule has 0 saturated carbocycles. The van der Waals surface area contributed by atoms with Gasteiger partial charge in [0.25, 0.3) is 0 Å². The molecule has 10 heavy (non-hydrogen) atoms. The van der Waals surface area contributed by atoms with Crippen LogP contribution in [0.4, 0.5) is 0 Å². The van der Waals surface area contributed by atoms with Crippen molar-refractivity contribution in [2.24, 2.45) is 0 Å². The van der Waals surface area contributed by atoms with E-state index in [4.69, 9.17) is 11.6 Å². The zero-order valence-corrected chi connectivity index (χ0v) is 7.11. The van der Waals surface area contributed by atoms with E-state index in [-0.39, 0.29) is 0 Å². The highest BCUT2D eigenvalue weighted by molar-refractivity contribution is 7.33. The van der Waals surface area contributed by atoms with Gasteiger partial charge in [-0.15, -0.1) is 16.1 Å². The summed E-state index contributed by atoms with van der Waals surface area (Å²) in [6.07, 6.45) is 1.75. The molecule has 3 nitrogen and oxygen atoms in total. The first-order valence-corrected chi connectivity index (χ1v) is 4.38. The Morgan fingerprint density at radius 1 is 1.70 bits per heavy atom. The van der Waals surface area contributed by atoms with Gasteiger partial charge in [-0.2, -0.15) is 0 Å². The molecule has 0 spiro atoms. The molecule has 0 saturated heterocycles. The van der Waals surface area contributed by atoms with Crippen molar-refractivity contribution in [1.29, 1.82) is 0 Å². The van der Waals surface area contributed by atoms with Gasteiger partial charge >= 0.3 is 8.25 Å². The van der Waals surface area contributed by atoms with Gasteiger partial charge in [0.2, 0.25) is 0 Å². The van der Waals surface area contributed by atoms with Crippen LogP contribution in [0, 0.1) is 0 Å². The highest BCUT2D eigenvalue weighted by Crippen LogP contribution is 2.23. The number of hydrogen-bond acceptors (Lipinski definition) is 3. The lowest BCUT2D eigenvalue weighted by atomic mass is 10.5. The van der Waals surface area contributed by atoms with Crippen molar-refractivity contribution in [3.8, 4) is 0 Å².